The van der Waals surface area contributed by atoms with E-state index in [4.69, 9.17) is 4.74 Å². The van der Waals surface area contributed by atoms with Gasteiger partial charge in [-0.2, -0.15) is 0 Å². The van der Waals surface area contributed by atoms with Crippen molar-refractivity contribution in [2.75, 3.05) is 33.0 Å². The van der Waals surface area contributed by atoms with Crippen LogP contribution in [-0.4, -0.2) is 75.0 Å². The predicted octanol–water partition coefficient (Wildman–Crippen LogP) is 4.36. The van der Waals surface area contributed by atoms with Crippen LogP contribution in [0.1, 0.15) is 24.2 Å². The number of nitrogens with zero attached hydrogens (tertiary/aromatic N) is 4. The minimum Gasteiger partial charge on any atom is -0.486 e. The lowest BCUT2D eigenvalue weighted by molar-refractivity contribution is -0.123. The molecule has 0 unspecified atom stereocenters. The van der Waals surface area contributed by atoms with E-state index in [9.17, 15) is 37.5 Å². The maximum Gasteiger partial charge on any atom is 0.407 e. The van der Waals surface area contributed by atoms with Crippen molar-refractivity contribution in [1.29, 1.82) is 0 Å². The van der Waals surface area contributed by atoms with Crippen LogP contribution in [0.25, 0.3) is 11.0 Å². The highest BCUT2D eigenvalue weighted by Crippen LogP contribution is 2.27. The molecule has 2 aromatic carbocycles. The van der Waals surface area contributed by atoms with Crippen LogP contribution in [-0.2, 0) is 22.7 Å². The number of carbonyl (C=O) groups excluding carboxylic acids is 2. The number of carboxylic acid groups (broad SMARTS) is 1. The number of hydrogen-bond acceptors (Lipinski definition) is 6. The number of ether oxygens (including phenoxy) is 1. The molecule has 3 N–H and O–H groups in total. The van der Waals surface area contributed by atoms with E-state index in [1.165, 1.54) is 47.0 Å². The molecule has 2 heterocycles. The van der Waals surface area contributed by atoms with Gasteiger partial charge in [0, 0.05) is 57.6 Å². The van der Waals surface area contributed by atoms with Gasteiger partial charge >= 0.3 is 6.09 Å². The van der Waals surface area contributed by atoms with Crippen LogP contribution in [0.3, 0.4) is 0 Å². The molecule has 3 amide bonds. The highest BCUT2D eigenvalue weighted by atomic mass is 19.1. The van der Waals surface area contributed by atoms with Crippen molar-refractivity contribution in [2.24, 2.45) is 5.92 Å². The van der Waals surface area contributed by atoms with Crippen LogP contribution >= 0.6 is 0 Å². The third-order valence-electron chi connectivity index (χ3n) is 7.14. The minimum absolute atomic E-state index is 0.0223. The van der Waals surface area contributed by atoms with Crippen molar-refractivity contribution in [3.63, 3.8) is 0 Å². The lowest BCUT2D eigenvalue weighted by Crippen LogP contribution is -2.37. The average molecular weight is 655 g/mol. The molecule has 248 valence electrons. The van der Waals surface area contributed by atoms with E-state index in [0.29, 0.717) is 12.5 Å². The smallest absolute Gasteiger partial charge is 0.407 e. The summed E-state index contributed by atoms with van der Waals surface area (Å²) in [5, 5.41) is 11.9. The van der Waals surface area contributed by atoms with Gasteiger partial charge < -0.3 is 34.5 Å². The minimum atomic E-state index is -1.23. The quantitative estimate of drug-likeness (QED) is 0.181. The predicted molar refractivity (Wildman–Crippen MR) is 166 cm³/mol. The number of likely N-dealkylation sites (N-methyl/N-ethyl adjacent to an activating group) is 1. The zero-order valence-corrected chi connectivity index (χ0v) is 25.8. The summed E-state index contributed by atoms with van der Waals surface area (Å²) in [5.41, 5.74) is -0.127. The van der Waals surface area contributed by atoms with Crippen molar-refractivity contribution in [3.8, 4) is 5.75 Å². The van der Waals surface area contributed by atoms with Gasteiger partial charge in [0.1, 0.15) is 46.8 Å². The zero-order valence-electron chi connectivity index (χ0n) is 25.8. The Balaban J connectivity index is 1.50. The number of rotatable bonds is 13. The molecule has 0 saturated carbocycles. The fourth-order valence-corrected chi connectivity index (χ4v) is 4.58. The van der Waals surface area contributed by atoms with Gasteiger partial charge in [0.2, 0.25) is 11.8 Å². The molecule has 1 atom stereocenters. The summed E-state index contributed by atoms with van der Waals surface area (Å²) in [6.07, 6.45) is 3.69. The van der Waals surface area contributed by atoms with Gasteiger partial charge in [-0.25, -0.2) is 22.9 Å². The maximum atomic E-state index is 14.4. The van der Waals surface area contributed by atoms with Crippen LogP contribution in [0.4, 0.5) is 23.7 Å². The van der Waals surface area contributed by atoms with Crippen LogP contribution < -0.4 is 15.6 Å². The van der Waals surface area contributed by atoms with Crippen LogP contribution in [0.2, 0.25) is 0 Å². The summed E-state index contributed by atoms with van der Waals surface area (Å²) >= 11 is 0. The first-order valence-electron chi connectivity index (χ1n) is 14.4. The molecule has 15 heteroatoms. The molecule has 47 heavy (non-hydrogen) atoms. The number of anilines is 1. The Kier molecular flexibility index (Phi) is 11.0. The fourth-order valence-electron chi connectivity index (χ4n) is 4.58. The average Bonchev–Trinajstić information content (AvgIpc) is 3.41. The number of nitrogens with one attached hydrogen (secondary N) is 2. The third kappa shape index (κ3) is 8.99. The Morgan fingerprint density at radius 2 is 1.87 bits per heavy atom. The Bertz CT molecular complexity index is 1870. The number of fused-ring (bicyclic) bond motifs is 1. The lowest BCUT2D eigenvalue weighted by atomic mass is 10.0. The van der Waals surface area contributed by atoms with E-state index in [1.807, 2.05) is 0 Å². The molecule has 0 aliphatic heterocycles. The number of aromatic amines is 1. The number of amides is 3. The van der Waals surface area contributed by atoms with Crippen LogP contribution in [0.5, 0.6) is 5.75 Å². The van der Waals surface area contributed by atoms with Crippen molar-refractivity contribution < 1.29 is 37.4 Å². The molecule has 4 aromatic rings. The first kappa shape index (κ1) is 34.3. The van der Waals surface area contributed by atoms with Gasteiger partial charge in [0.25, 0.3) is 5.56 Å². The lowest BCUT2D eigenvalue weighted by Gasteiger charge is -2.21. The van der Waals surface area contributed by atoms with Crippen molar-refractivity contribution in [1.82, 2.24) is 24.3 Å². The molecule has 0 saturated heterocycles. The normalized spacial score (nSPS) is 11.9. The summed E-state index contributed by atoms with van der Waals surface area (Å²) < 4.78 is 48.6. The number of halogens is 3. The summed E-state index contributed by atoms with van der Waals surface area (Å²) in [4.78, 5) is 59.4. The SMILES string of the molecule is CN(C)C(=O)/C=C/CC[C@@H](CN(C)C(=O)O)C(=O)Nc1cccn(Cc2nc3cc(F)cc(OCc4ccc(F)cc4F)c3[nH]2)c1=O. The molecule has 0 aliphatic carbocycles. The third-order valence-corrected chi connectivity index (χ3v) is 7.14. The number of hydrogen-bond donors (Lipinski definition) is 3. The number of benzene rings is 2. The Hall–Kier alpha value is -5.60. The van der Waals surface area contributed by atoms with E-state index in [1.54, 1.807) is 20.2 Å². The van der Waals surface area contributed by atoms with Crippen LogP contribution in [0.15, 0.2) is 65.6 Å². The second-order valence-corrected chi connectivity index (χ2v) is 10.9. The topological polar surface area (TPSA) is 150 Å². The monoisotopic (exact) mass is 654 g/mol. The first-order chi connectivity index (χ1) is 22.3. The van der Waals surface area contributed by atoms with Gasteiger partial charge in [-0.05, 0) is 43.2 Å². The van der Waals surface area contributed by atoms with E-state index in [0.717, 1.165) is 23.1 Å². The molecule has 0 spiro atoms. The Morgan fingerprint density at radius 3 is 2.57 bits per heavy atom. The summed E-state index contributed by atoms with van der Waals surface area (Å²) in [6, 6.07) is 8.18. The summed E-state index contributed by atoms with van der Waals surface area (Å²) in [6.45, 7) is -0.569. The first-order valence-corrected chi connectivity index (χ1v) is 14.4. The molecule has 2 aromatic heterocycles. The Labute approximate surface area is 267 Å². The van der Waals surface area contributed by atoms with E-state index in [-0.39, 0.29) is 65.9 Å². The summed E-state index contributed by atoms with van der Waals surface area (Å²) in [7, 11) is 4.51. The van der Waals surface area contributed by atoms with Gasteiger partial charge in [0.05, 0.1) is 18.0 Å². The number of allylic oxidation sites excluding steroid dienone is 1. The van der Waals surface area contributed by atoms with Crippen molar-refractivity contribution in [2.45, 2.75) is 26.0 Å². The molecule has 12 nitrogen and oxygen atoms in total. The number of imidazole rings is 1. The number of pyridine rings is 1. The molecular formula is C32H33F3N6O6. The molecule has 0 bridgehead atoms. The van der Waals surface area contributed by atoms with E-state index < -0.39 is 40.9 Å². The molecule has 0 fully saturated rings. The largest absolute Gasteiger partial charge is 0.486 e. The Morgan fingerprint density at radius 1 is 1.11 bits per heavy atom. The molecule has 0 aliphatic rings. The standard InChI is InChI=1S/C32H33F3N6O6/c1-39(2)28(42)9-5-4-7-19(16-40(3)32(45)46)30(43)37-24-8-6-12-41(31(24)44)17-27-36-25-14-22(34)15-26(29(25)38-27)47-18-20-10-11-21(33)13-23(20)35/h5-6,8-15,19H,4,7,16-18H2,1-3H3,(H,36,38)(H,37,43)(H,45,46)/b9-5+/t19-/m0/s1. The second-order valence-electron chi connectivity index (χ2n) is 10.9. The molecule has 4 rings (SSSR count). The van der Waals surface area contributed by atoms with E-state index >= 15 is 0 Å². The second kappa shape index (κ2) is 15.1. The van der Waals surface area contributed by atoms with Gasteiger partial charge in [-0.15, -0.1) is 0 Å². The van der Waals surface area contributed by atoms with Crippen molar-refractivity contribution >= 4 is 34.6 Å². The number of H-pyrrole nitrogens is 1. The van der Waals surface area contributed by atoms with Gasteiger partial charge in [0.15, 0.2) is 0 Å². The molecular weight excluding hydrogens is 621 g/mol. The highest BCUT2D eigenvalue weighted by molar-refractivity contribution is 5.92. The fraction of sp³-hybridized carbons (Fsp3) is 0.281. The summed E-state index contributed by atoms with van der Waals surface area (Å²) in [5.74, 6) is -3.63. The zero-order chi connectivity index (χ0) is 34.2. The van der Waals surface area contributed by atoms with Crippen LogP contribution in [0, 0.1) is 23.4 Å². The van der Waals surface area contributed by atoms with Crippen molar-refractivity contribution in [3.05, 3.63) is 100 Å². The number of aromatic nitrogens is 3. The van der Waals surface area contributed by atoms with Gasteiger partial charge in [-0.3, -0.25) is 14.4 Å². The number of carbonyl (C=O) groups is 3. The van der Waals surface area contributed by atoms with E-state index in [2.05, 4.69) is 15.3 Å². The molecule has 0 radical (unpaired) electrons. The highest BCUT2D eigenvalue weighted by Gasteiger charge is 2.23. The van der Waals surface area contributed by atoms with Gasteiger partial charge in [-0.1, -0.05) is 6.08 Å². The maximum absolute atomic E-state index is 14.4.